The van der Waals surface area contributed by atoms with Gasteiger partial charge >= 0.3 is 5.97 Å². The Morgan fingerprint density at radius 2 is 2.00 bits per heavy atom. The number of carbonyl (C=O) groups excluding carboxylic acids is 1. The van der Waals surface area contributed by atoms with Gasteiger partial charge in [0.05, 0.1) is 12.5 Å². The average Bonchev–Trinajstić information content (AvgIpc) is 3.26. The molecule has 1 fully saturated rings. The maximum absolute atomic E-state index is 12.4. The fourth-order valence-electron chi connectivity index (χ4n) is 2.58. The minimum absolute atomic E-state index is 0.177. The Morgan fingerprint density at radius 3 is 2.57 bits per heavy atom. The smallest absolute Gasteiger partial charge is 0.355 e. The zero-order chi connectivity index (χ0) is 14.8. The first-order valence-corrected chi connectivity index (χ1v) is 8.63. The van der Waals surface area contributed by atoms with Crippen molar-refractivity contribution in [1.29, 1.82) is 0 Å². The number of esters is 1. The van der Waals surface area contributed by atoms with Crippen LogP contribution in [-0.2, 0) is 16.0 Å². The summed E-state index contributed by atoms with van der Waals surface area (Å²) in [5, 5.41) is 0. The molecule has 0 amide bonds. The van der Waals surface area contributed by atoms with Gasteiger partial charge in [-0.2, -0.15) is 0 Å². The summed E-state index contributed by atoms with van der Waals surface area (Å²) in [6.07, 6.45) is 3.44. The summed E-state index contributed by atoms with van der Waals surface area (Å²) in [5.41, 5.74) is 3.17. The van der Waals surface area contributed by atoms with Crippen LogP contribution in [-0.4, -0.2) is 18.5 Å². The van der Waals surface area contributed by atoms with Crippen LogP contribution in [0, 0.1) is 5.92 Å². The van der Waals surface area contributed by atoms with Gasteiger partial charge in [0, 0.05) is 10.6 Å². The maximum Gasteiger partial charge on any atom is 0.355 e. The first-order valence-electron chi connectivity index (χ1n) is 7.65. The highest BCUT2D eigenvalue weighted by molar-refractivity contribution is 8.03. The lowest BCUT2D eigenvalue weighted by atomic mass is 10.1. The molecule has 3 rings (SSSR count). The van der Waals surface area contributed by atoms with Crippen LogP contribution in [0.4, 0.5) is 5.69 Å². The number of nitrogens with zero attached hydrogens (tertiary/aromatic N) is 1. The van der Waals surface area contributed by atoms with Gasteiger partial charge in [-0.25, -0.2) is 4.79 Å². The van der Waals surface area contributed by atoms with Crippen LogP contribution in [0.15, 0.2) is 34.9 Å². The molecule has 0 atom stereocenters. The summed E-state index contributed by atoms with van der Waals surface area (Å²) >= 11 is 1.79. The van der Waals surface area contributed by atoms with E-state index in [9.17, 15) is 4.79 Å². The summed E-state index contributed by atoms with van der Waals surface area (Å²) in [4.78, 5) is 15.7. The number of hydrogen-bond donors (Lipinski definition) is 0. The minimum atomic E-state index is -0.177. The van der Waals surface area contributed by atoms with E-state index in [0.29, 0.717) is 12.5 Å². The second kappa shape index (κ2) is 6.14. The molecule has 1 heterocycles. The van der Waals surface area contributed by atoms with Crippen molar-refractivity contribution in [2.75, 3.05) is 17.4 Å². The number of anilines is 1. The third-order valence-corrected chi connectivity index (χ3v) is 5.15. The predicted molar refractivity (Wildman–Crippen MR) is 87.1 cm³/mol. The zero-order valence-corrected chi connectivity index (χ0v) is 13.4. The van der Waals surface area contributed by atoms with Crippen molar-refractivity contribution in [3.05, 3.63) is 40.4 Å². The molecule has 0 N–H and O–H groups in total. The van der Waals surface area contributed by atoms with Gasteiger partial charge in [-0.1, -0.05) is 19.1 Å². The van der Waals surface area contributed by atoms with E-state index in [1.165, 1.54) is 23.3 Å². The maximum atomic E-state index is 12.4. The molecule has 0 spiro atoms. The third-order valence-electron chi connectivity index (χ3n) is 3.93. The van der Waals surface area contributed by atoms with E-state index in [4.69, 9.17) is 4.74 Å². The highest BCUT2D eigenvalue weighted by Gasteiger charge is 2.38. The molecular weight excluding hydrogens is 282 g/mol. The number of carbonyl (C=O) groups is 1. The van der Waals surface area contributed by atoms with E-state index in [0.717, 1.165) is 23.7 Å². The second-order valence-electron chi connectivity index (χ2n) is 5.43. The summed E-state index contributed by atoms with van der Waals surface area (Å²) in [6.45, 7) is 4.43. The molecule has 0 saturated heterocycles. The molecule has 112 valence electrons. The van der Waals surface area contributed by atoms with Gasteiger partial charge in [0.15, 0.2) is 0 Å². The van der Waals surface area contributed by atoms with E-state index < -0.39 is 0 Å². The van der Waals surface area contributed by atoms with Gasteiger partial charge in [0.1, 0.15) is 5.70 Å². The molecule has 0 aromatic heterocycles. The van der Waals surface area contributed by atoms with Crippen LogP contribution in [0.3, 0.4) is 0 Å². The van der Waals surface area contributed by atoms with Gasteiger partial charge in [-0.3, -0.25) is 0 Å². The molecule has 3 nitrogen and oxygen atoms in total. The number of hydrogen-bond acceptors (Lipinski definition) is 4. The average molecular weight is 303 g/mol. The predicted octanol–water partition coefficient (Wildman–Crippen LogP) is 3.94. The fraction of sp³-hybridized carbons (Fsp3) is 0.471. The van der Waals surface area contributed by atoms with Gasteiger partial charge in [0.25, 0.3) is 0 Å². The van der Waals surface area contributed by atoms with Crippen molar-refractivity contribution in [2.45, 2.75) is 33.1 Å². The number of benzene rings is 1. The van der Waals surface area contributed by atoms with Crippen molar-refractivity contribution < 1.29 is 9.53 Å². The van der Waals surface area contributed by atoms with Gasteiger partial charge < -0.3 is 9.64 Å². The molecule has 1 aromatic carbocycles. The number of ether oxygens (including phenoxy) is 1. The van der Waals surface area contributed by atoms with Crippen LogP contribution >= 0.6 is 11.8 Å². The molecule has 4 heteroatoms. The second-order valence-corrected chi connectivity index (χ2v) is 6.42. The van der Waals surface area contributed by atoms with Crippen molar-refractivity contribution in [1.82, 2.24) is 0 Å². The van der Waals surface area contributed by atoms with Crippen LogP contribution in [0.1, 0.15) is 32.3 Å². The van der Waals surface area contributed by atoms with E-state index in [1.807, 2.05) is 6.92 Å². The number of aryl methyl sites for hydroxylation is 1. The lowest BCUT2D eigenvalue weighted by Crippen LogP contribution is -2.25. The normalized spacial score (nSPS) is 18.3. The molecule has 2 aliphatic rings. The van der Waals surface area contributed by atoms with E-state index in [-0.39, 0.29) is 5.97 Å². The zero-order valence-electron chi connectivity index (χ0n) is 12.6. The molecule has 21 heavy (non-hydrogen) atoms. The largest absolute Gasteiger partial charge is 0.461 e. The van der Waals surface area contributed by atoms with E-state index in [2.05, 4.69) is 36.1 Å². The van der Waals surface area contributed by atoms with E-state index in [1.54, 1.807) is 11.8 Å². The summed E-state index contributed by atoms with van der Waals surface area (Å²) in [6, 6.07) is 8.48. The Morgan fingerprint density at radius 1 is 1.29 bits per heavy atom. The summed E-state index contributed by atoms with van der Waals surface area (Å²) < 4.78 is 5.28. The van der Waals surface area contributed by atoms with Crippen molar-refractivity contribution in [2.24, 2.45) is 5.92 Å². The molecule has 1 saturated carbocycles. The van der Waals surface area contributed by atoms with Crippen LogP contribution in [0.2, 0.25) is 0 Å². The molecule has 0 unspecified atom stereocenters. The Balaban J connectivity index is 1.91. The van der Waals surface area contributed by atoms with Crippen molar-refractivity contribution in [3.63, 3.8) is 0 Å². The summed E-state index contributed by atoms with van der Waals surface area (Å²) in [5.74, 6) is 1.21. The number of allylic oxidation sites excluding steroid dienone is 1. The van der Waals surface area contributed by atoms with Crippen molar-refractivity contribution >= 4 is 23.4 Å². The van der Waals surface area contributed by atoms with Crippen LogP contribution in [0.25, 0.3) is 0 Å². The topological polar surface area (TPSA) is 29.5 Å². The molecule has 1 aromatic rings. The molecular formula is C17H21NO2S. The lowest BCUT2D eigenvalue weighted by Gasteiger charge is -2.21. The summed E-state index contributed by atoms with van der Waals surface area (Å²) in [7, 11) is 0. The highest BCUT2D eigenvalue weighted by atomic mass is 32.2. The van der Waals surface area contributed by atoms with Crippen LogP contribution in [0.5, 0.6) is 0 Å². The first kappa shape index (κ1) is 14.5. The standard InChI is InChI=1S/C17H21NO2S/c1-3-12-5-9-14(10-6-12)18-11-21-16(13-7-8-13)15(18)17(19)20-4-2/h5-6,9-10,13H,3-4,7-8,11H2,1-2H3. The number of thioether (sulfide) groups is 1. The Hall–Kier alpha value is -1.42. The molecule has 1 aliphatic heterocycles. The third kappa shape index (κ3) is 2.95. The molecule has 0 bridgehead atoms. The first-order chi connectivity index (χ1) is 10.2. The lowest BCUT2D eigenvalue weighted by molar-refractivity contribution is -0.138. The number of rotatable bonds is 5. The highest BCUT2D eigenvalue weighted by Crippen LogP contribution is 2.49. The Labute approximate surface area is 130 Å². The molecule has 0 radical (unpaired) electrons. The molecule has 1 aliphatic carbocycles. The Kier molecular flexibility index (Phi) is 4.24. The van der Waals surface area contributed by atoms with Gasteiger partial charge in [-0.15, -0.1) is 11.8 Å². The quantitative estimate of drug-likeness (QED) is 0.771. The fourth-order valence-corrected chi connectivity index (χ4v) is 3.93. The van der Waals surface area contributed by atoms with E-state index >= 15 is 0 Å². The SMILES string of the molecule is CCOC(=O)C1=C(C2CC2)SCN1c1ccc(CC)cc1. The monoisotopic (exact) mass is 303 g/mol. The minimum Gasteiger partial charge on any atom is -0.461 e. The van der Waals surface area contributed by atoms with Crippen LogP contribution < -0.4 is 4.90 Å². The Bertz CT molecular complexity index is 561. The van der Waals surface area contributed by atoms with Gasteiger partial charge in [-0.05, 0) is 49.8 Å². The van der Waals surface area contributed by atoms with Gasteiger partial charge in [0.2, 0.25) is 0 Å². The van der Waals surface area contributed by atoms with Crippen molar-refractivity contribution in [3.8, 4) is 0 Å².